The maximum absolute atomic E-state index is 11.6. The molecule has 0 radical (unpaired) electrons. The molecule has 0 spiro atoms. The summed E-state index contributed by atoms with van der Waals surface area (Å²) < 4.78 is 23.1. The maximum Gasteiger partial charge on any atom is 0.225 e. The Morgan fingerprint density at radius 3 is 2.44 bits per heavy atom. The SMILES string of the molecule is CCS(=O)(=O)c1ccc(CC(=O)NCC#N)cc1. The summed E-state index contributed by atoms with van der Waals surface area (Å²) in [6, 6.07) is 8.00. The van der Waals surface area contributed by atoms with Gasteiger partial charge in [0, 0.05) is 0 Å². The molecule has 0 aliphatic rings. The van der Waals surface area contributed by atoms with E-state index in [0.29, 0.717) is 5.56 Å². The first-order chi connectivity index (χ1) is 8.49. The van der Waals surface area contributed by atoms with Crippen LogP contribution >= 0.6 is 0 Å². The van der Waals surface area contributed by atoms with Gasteiger partial charge in [0.05, 0.1) is 23.1 Å². The Bertz CT molecular complexity index is 556. The van der Waals surface area contributed by atoms with Gasteiger partial charge in [0.2, 0.25) is 5.91 Å². The first-order valence-corrected chi connectivity index (χ1v) is 7.10. The number of benzene rings is 1. The summed E-state index contributed by atoms with van der Waals surface area (Å²) in [5.74, 6) is -0.211. The zero-order valence-corrected chi connectivity index (χ0v) is 10.8. The normalized spacial score (nSPS) is 10.7. The molecule has 1 aromatic carbocycles. The molecule has 0 saturated carbocycles. The lowest BCUT2D eigenvalue weighted by molar-refractivity contribution is -0.120. The number of carbonyl (C=O) groups is 1. The van der Waals surface area contributed by atoms with Crippen LogP contribution in [0.5, 0.6) is 0 Å². The predicted octanol–water partition coefficient (Wildman–Crippen LogP) is 0.662. The molecule has 96 valence electrons. The molecule has 1 aromatic rings. The molecule has 0 bridgehead atoms. The van der Waals surface area contributed by atoms with Crippen LogP contribution in [0, 0.1) is 11.3 Å². The zero-order chi connectivity index (χ0) is 13.6. The summed E-state index contributed by atoms with van der Waals surface area (Å²) in [5, 5.41) is 10.7. The van der Waals surface area contributed by atoms with Gasteiger partial charge >= 0.3 is 0 Å². The number of nitrogens with one attached hydrogen (secondary N) is 1. The van der Waals surface area contributed by atoms with Crippen molar-refractivity contribution in [1.29, 1.82) is 5.26 Å². The Morgan fingerprint density at radius 2 is 1.94 bits per heavy atom. The third-order valence-electron chi connectivity index (χ3n) is 2.39. The lowest BCUT2D eigenvalue weighted by Crippen LogP contribution is -2.25. The first-order valence-electron chi connectivity index (χ1n) is 5.45. The fourth-order valence-corrected chi connectivity index (χ4v) is 2.25. The van der Waals surface area contributed by atoms with E-state index < -0.39 is 9.84 Å². The van der Waals surface area contributed by atoms with Crippen LogP contribution in [-0.2, 0) is 21.1 Å². The molecule has 6 heteroatoms. The Hall–Kier alpha value is -1.87. The highest BCUT2D eigenvalue weighted by Gasteiger charge is 2.11. The van der Waals surface area contributed by atoms with Gasteiger partial charge in [0.25, 0.3) is 0 Å². The van der Waals surface area contributed by atoms with Crippen LogP contribution < -0.4 is 5.32 Å². The van der Waals surface area contributed by atoms with Crippen molar-refractivity contribution in [1.82, 2.24) is 5.32 Å². The molecule has 0 unspecified atom stereocenters. The number of carbonyl (C=O) groups excluding carboxylic acids is 1. The molecule has 0 aliphatic carbocycles. The predicted molar refractivity (Wildman–Crippen MR) is 66.5 cm³/mol. The number of hydrogen-bond acceptors (Lipinski definition) is 4. The molecule has 0 heterocycles. The number of nitrogens with zero attached hydrogens (tertiary/aromatic N) is 1. The minimum Gasteiger partial charge on any atom is -0.343 e. The third kappa shape index (κ3) is 3.86. The van der Waals surface area contributed by atoms with E-state index in [9.17, 15) is 13.2 Å². The van der Waals surface area contributed by atoms with Crippen LogP contribution in [0.15, 0.2) is 29.2 Å². The third-order valence-corrected chi connectivity index (χ3v) is 4.14. The topological polar surface area (TPSA) is 87.0 Å². The summed E-state index contributed by atoms with van der Waals surface area (Å²) in [7, 11) is -3.20. The van der Waals surface area contributed by atoms with E-state index in [0.717, 1.165) is 0 Å². The van der Waals surface area contributed by atoms with Crippen molar-refractivity contribution in [3.63, 3.8) is 0 Å². The molecule has 1 amide bonds. The Kier molecular flexibility index (Phi) is 4.86. The number of hydrogen-bond donors (Lipinski definition) is 1. The van der Waals surface area contributed by atoms with Gasteiger partial charge in [-0.1, -0.05) is 19.1 Å². The van der Waals surface area contributed by atoms with Gasteiger partial charge in [0.15, 0.2) is 9.84 Å². The second kappa shape index (κ2) is 6.17. The largest absolute Gasteiger partial charge is 0.343 e. The van der Waals surface area contributed by atoms with E-state index in [-0.39, 0.29) is 29.5 Å². The van der Waals surface area contributed by atoms with Crippen molar-refractivity contribution in [2.24, 2.45) is 0 Å². The van der Waals surface area contributed by atoms with Gasteiger partial charge in [-0.05, 0) is 17.7 Å². The zero-order valence-electron chi connectivity index (χ0n) is 10.0. The number of nitriles is 1. The first kappa shape index (κ1) is 14.2. The molecule has 0 aromatic heterocycles. The van der Waals surface area contributed by atoms with Crippen LogP contribution in [0.1, 0.15) is 12.5 Å². The molecule has 18 heavy (non-hydrogen) atoms. The minimum absolute atomic E-state index is 0.0267. The average Bonchev–Trinajstić information content (AvgIpc) is 2.37. The highest BCUT2D eigenvalue weighted by Crippen LogP contribution is 2.12. The van der Waals surface area contributed by atoms with Gasteiger partial charge in [-0.25, -0.2) is 8.42 Å². The molecule has 0 saturated heterocycles. The average molecular weight is 266 g/mol. The van der Waals surface area contributed by atoms with Crippen molar-refractivity contribution in [3.05, 3.63) is 29.8 Å². The highest BCUT2D eigenvalue weighted by atomic mass is 32.2. The van der Waals surface area contributed by atoms with Crippen LogP contribution in [0.2, 0.25) is 0 Å². The van der Waals surface area contributed by atoms with Crippen molar-refractivity contribution in [2.45, 2.75) is 18.2 Å². The molecular formula is C12H14N2O3S. The molecule has 1 rings (SSSR count). The van der Waals surface area contributed by atoms with E-state index in [1.54, 1.807) is 19.1 Å². The standard InChI is InChI=1S/C12H14N2O3S/c1-2-18(16,17)11-5-3-10(4-6-11)9-12(15)14-8-7-13/h3-6H,2,8-9H2,1H3,(H,14,15). The van der Waals surface area contributed by atoms with Crippen LogP contribution in [0.4, 0.5) is 0 Å². The van der Waals surface area contributed by atoms with Crippen molar-refractivity contribution in [2.75, 3.05) is 12.3 Å². The van der Waals surface area contributed by atoms with Gasteiger partial charge < -0.3 is 5.32 Å². The Balaban J connectivity index is 2.73. The van der Waals surface area contributed by atoms with Gasteiger partial charge in [0.1, 0.15) is 6.54 Å². The summed E-state index contributed by atoms with van der Waals surface area (Å²) >= 11 is 0. The van der Waals surface area contributed by atoms with Crippen molar-refractivity contribution in [3.8, 4) is 6.07 Å². The number of rotatable bonds is 5. The van der Waals surface area contributed by atoms with Gasteiger partial charge in [-0.3, -0.25) is 4.79 Å². The van der Waals surface area contributed by atoms with Crippen LogP contribution in [-0.4, -0.2) is 26.6 Å². The molecule has 1 N–H and O–H groups in total. The molecule has 0 fully saturated rings. The van der Waals surface area contributed by atoms with Gasteiger partial charge in [-0.15, -0.1) is 0 Å². The summed E-state index contributed by atoms with van der Waals surface area (Å²) in [6.45, 7) is 1.56. The van der Waals surface area contributed by atoms with Crippen molar-refractivity contribution >= 4 is 15.7 Å². The molecule has 5 nitrogen and oxygen atoms in total. The van der Waals surface area contributed by atoms with E-state index >= 15 is 0 Å². The lowest BCUT2D eigenvalue weighted by atomic mass is 10.1. The lowest BCUT2D eigenvalue weighted by Gasteiger charge is -2.04. The summed E-state index contributed by atoms with van der Waals surface area (Å²) in [5.41, 5.74) is 0.709. The van der Waals surface area contributed by atoms with E-state index in [4.69, 9.17) is 5.26 Å². The molecule has 0 atom stereocenters. The van der Waals surface area contributed by atoms with Crippen molar-refractivity contribution < 1.29 is 13.2 Å². The molecular weight excluding hydrogens is 252 g/mol. The monoisotopic (exact) mass is 266 g/mol. The summed E-state index contributed by atoms with van der Waals surface area (Å²) in [6.07, 6.45) is 0.133. The number of sulfone groups is 1. The second-order valence-electron chi connectivity index (χ2n) is 3.66. The Morgan fingerprint density at radius 1 is 1.33 bits per heavy atom. The second-order valence-corrected chi connectivity index (χ2v) is 5.94. The van der Waals surface area contributed by atoms with Crippen LogP contribution in [0.25, 0.3) is 0 Å². The minimum atomic E-state index is -3.20. The number of amides is 1. The van der Waals surface area contributed by atoms with Crippen LogP contribution in [0.3, 0.4) is 0 Å². The molecule has 0 aliphatic heterocycles. The Labute approximate surface area is 106 Å². The fourth-order valence-electron chi connectivity index (χ4n) is 1.37. The van der Waals surface area contributed by atoms with E-state index in [1.807, 2.05) is 6.07 Å². The smallest absolute Gasteiger partial charge is 0.225 e. The highest BCUT2D eigenvalue weighted by molar-refractivity contribution is 7.91. The van der Waals surface area contributed by atoms with Gasteiger partial charge in [-0.2, -0.15) is 5.26 Å². The fraction of sp³-hybridized carbons (Fsp3) is 0.333. The van der Waals surface area contributed by atoms with E-state index in [2.05, 4.69) is 5.32 Å². The quantitative estimate of drug-likeness (QED) is 0.793. The summed E-state index contributed by atoms with van der Waals surface area (Å²) in [4.78, 5) is 11.6. The maximum atomic E-state index is 11.6. The van der Waals surface area contributed by atoms with E-state index in [1.165, 1.54) is 12.1 Å².